The molecule has 0 atom stereocenters. The molecule has 29 heavy (non-hydrogen) atoms. The number of esters is 2. The molecule has 3 aromatic rings. The van der Waals surface area contributed by atoms with Gasteiger partial charge in [0.25, 0.3) is 0 Å². The number of nitrogens with zero attached hydrogens (tertiary/aromatic N) is 1. The molecule has 2 aromatic heterocycles. The van der Waals surface area contributed by atoms with E-state index >= 15 is 0 Å². The number of ketones is 1. The third-order valence-corrected chi connectivity index (χ3v) is 6.88. The second-order valence-corrected chi connectivity index (χ2v) is 12.8. The summed E-state index contributed by atoms with van der Waals surface area (Å²) in [5, 5.41) is 1.09. The molecule has 0 amide bonds. The summed E-state index contributed by atoms with van der Waals surface area (Å²) in [5.41, 5.74) is 0.902. The zero-order valence-electron chi connectivity index (χ0n) is 17.1. The van der Waals surface area contributed by atoms with Gasteiger partial charge in [-0.05, 0) is 12.1 Å². The van der Waals surface area contributed by atoms with Gasteiger partial charge in [0.15, 0.2) is 0 Å². The van der Waals surface area contributed by atoms with Crippen molar-refractivity contribution < 1.29 is 23.9 Å². The molecule has 0 unspecified atom stereocenters. The lowest BCUT2D eigenvalue weighted by atomic mass is 10.0. The Hall–Kier alpha value is -3.19. The van der Waals surface area contributed by atoms with Crippen molar-refractivity contribution in [2.75, 3.05) is 14.2 Å². The Morgan fingerprint density at radius 2 is 1.45 bits per heavy atom. The lowest BCUT2D eigenvalue weighted by Gasteiger charge is -2.17. The Morgan fingerprint density at radius 1 is 0.862 bits per heavy atom. The zero-order valence-corrected chi connectivity index (χ0v) is 18.1. The molecule has 7 heteroatoms. The van der Waals surface area contributed by atoms with Crippen LogP contribution in [0.25, 0.3) is 5.52 Å². The molecule has 0 radical (unpaired) electrons. The van der Waals surface area contributed by atoms with Crippen LogP contribution in [0, 0.1) is 0 Å². The first-order valence-electron chi connectivity index (χ1n) is 9.15. The van der Waals surface area contributed by atoms with Crippen molar-refractivity contribution in [2.24, 2.45) is 0 Å². The third kappa shape index (κ3) is 3.61. The second-order valence-electron chi connectivity index (χ2n) is 7.70. The average Bonchev–Trinajstić information content (AvgIpc) is 3.06. The molecule has 0 spiro atoms. The molecule has 0 aliphatic heterocycles. The van der Waals surface area contributed by atoms with Crippen LogP contribution < -0.4 is 5.19 Å². The van der Waals surface area contributed by atoms with E-state index < -0.39 is 20.0 Å². The molecule has 0 aliphatic carbocycles. The maximum absolute atomic E-state index is 13.3. The molecule has 0 aliphatic rings. The number of ether oxygens (including phenoxy) is 2. The number of fused-ring (bicyclic) bond motifs is 1. The van der Waals surface area contributed by atoms with Crippen molar-refractivity contribution in [3.8, 4) is 0 Å². The van der Waals surface area contributed by atoms with E-state index in [9.17, 15) is 14.4 Å². The summed E-state index contributed by atoms with van der Waals surface area (Å²) >= 11 is 0. The predicted octanol–water partition coefficient (Wildman–Crippen LogP) is 3.29. The van der Waals surface area contributed by atoms with Gasteiger partial charge >= 0.3 is 11.9 Å². The highest BCUT2D eigenvalue weighted by Gasteiger charge is 2.33. The Labute approximate surface area is 170 Å². The van der Waals surface area contributed by atoms with Gasteiger partial charge in [-0.1, -0.05) is 55.2 Å². The van der Waals surface area contributed by atoms with E-state index in [0.717, 1.165) is 5.19 Å². The molecule has 0 saturated heterocycles. The average molecular weight is 410 g/mol. The molecule has 0 fully saturated rings. The number of hydrogen-bond donors (Lipinski definition) is 0. The number of carbonyl (C=O) groups excluding carboxylic acids is 3. The van der Waals surface area contributed by atoms with Crippen LogP contribution in [-0.4, -0.2) is 44.4 Å². The Morgan fingerprint density at radius 3 is 2.00 bits per heavy atom. The maximum Gasteiger partial charge on any atom is 0.341 e. The number of rotatable bonds is 5. The molecule has 2 heterocycles. The molecule has 3 rings (SSSR count). The second kappa shape index (κ2) is 7.67. The standard InChI is InChI=1S/C22H23NO5Si/c1-27-21(25)17-16-13-15(29(3,4)5)11-12-23(16)19(18(17)22(26)28-2)20(24)14-9-7-6-8-10-14/h6-13H,1-5H3. The quantitative estimate of drug-likeness (QED) is 0.367. The van der Waals surface area contributed by atoms with Gasteiger partial charge in [-0.25, -0.2) is 9.59 Å². The molecule has 6 nitrogen and oxygen atoms in total. The summed E-state index contributed by atoms with van der Waals surface area (Å²) in [5.74, 6) is -1.83. The van der Waals surface area contributed by atoms with Gasteiger partial charge in [0.05, 0.1) is 27.8 Å². The maximum atomic E-state index is 13.3. The first kappa shape index (κ1) is 20.5. The van der Waals surface area contributed by atoms with Gasteiger partial charge in [0.2, 0.25) is 5.78 Å². The molecule has 0 bridgehead atoms. The fourth-order valence-electron chi connectivity index (χ4n) is 3.28. The SMILES string of the molecule is COC(=O)c1c(C(=O)OC)c2cc([Si](C)(C)C)ccn2c1C(=O)c1ccccc1. The van der Waals surface area contributed by atoms with Crippen molar-refractivity contribution in [1.29, 1.82) is 0 Å². The molecule has 0 saturated carbocycles. The Bertz CT molecular complexity index is 1110. The van der Waals surface area contributed by atoms with Crippen LogP contribution in [0.1, 0.15) is 36.8 Å². The smallest absolute Gasteiger partial charge is 0.341 e. The van der Waals surface area contributed by atoms with E-state index in [2.05, 4.69) is 19.6 Å². The minimum Gasteiger partial charge on any atom is -0.465 e. The van der Waals surface area contributed by atoms with Gasteiger partial charge in [-0.3, -0.25) is 4.79 Å². The zero-order chi connectivity index (χ0) is 21.3. The first-order chi connectivity index (χ1) is 13.7. The van der Waals surface area contributed by atoms with Crippen molar-refractivity contribution in [3.05, 3.63) is 71.0 Å². The van der Waals surface area contributed by atoms with Crippen molar-refractivity contribution in [2.45, 2.75) is 19.6 Å². The predicted molar refractivity (Wildman–Crippen MR) is 113 cm³/mol. The van der Waals surface area contributed by atoms with Crippen LogP contribution in [0.5, 0.6) is 0 Å². The van der Waals surface area contributed by atoms with Crippen molar-refractivity contribution in [1.82, 2.24) is 4.40 Å². The van der Waals surface area contributed by atoms with Crippen LogP contribution in [0.15, 0.2) is 48.7 Å². The number of benzene rings is 1. The van der Waals surface area contributed by atoms with Crippen LogP contribution in [0.3, 0.4) is 0 Å². The number of methoxy groups -OCH3 is 2. The van der Waals surface area contributed by atoms with E-state index in [1.807, 2.05) is 12.1 Å². The summed E-state index contributed by atoms with van der Waals surface area (Å²) < 4.78 is 11.4. The Balaban J connectivity index is 2.44. The highest BCUT2D eigenvalue weighted by molar-refractivity contribution is 6.88. The fraction of sp³-hybridized carbons (Fsp3) is 0.227. The third-order valence-electron chi connectivity index (χ3n) is 4.83. The van der Waals surface area contributed by atoms with Gasteiger partial charge in [0, 0.05) is 11.8 Å². The van der Waals surface area contributed by atoms with Gasteiger partial charge < -0.3 is 13.9 Å². The van der Waals surface area contributed by atoms with Gasteiger partial charge in [0.1, 0.15) is 16.8 Å². The number of pyridine rings is 1. The van der Waals surface area contributed by atoms with E-state index in [0.29, 0.717) is 11.1 Å². The van der Waals surface area contributed by atoms with Crippen LogP contribution >= 0.6 is 0 Å². The number of hydrogen-bond acceptors (Lipinski definition) is 5. The topological polar surface area (TPSA) is 74.1 Å². The summed E-state index contributed by atoms with van der Waals surface area (Å²) in [4.78, 5) is 38.7. The first-order valence-corrected chi connectivity index (χ1v) is 12.7. The van der Waals surface area contributed by atoms with Crippen LogP contribution in [0.2, 0.25) is 19.6 Å². The van der Waals surface area contributed by atoms with E-state index in [-0.39, 0.29) is 22.6 Å². The highest BCUT2D eigenvalue weighted by Crippen LogP contribution is 2.28. The lowest BCUT2D eigenvalue weighted by Crippen LogP contribution is -2.37. The van der Waals surface area contributed by atoms with Gasteiger partial charge in [-0.15, -0.1) is 0 Å². The normalized spacial score (nSPS) is 11.3. The fourth-order valence-corrected chi connectivity index (χ4v) is 4.42. The van der Waals surface area contributed by atoms with E-state index in [1.54, 1.807) is 40.9 Å². The molecule has 150 valence electrons. The monoisotopic (exact) mass is 409 g/mol. The van der Waals surface area contributed by atoms with Crippen LogP contribution in [0.4, 0.5) is 0 Å². The van der Waals surface area contributed by atoms with E-state index in [1.165, 1.54) is 14.2 Å². The van der Waals surface area contributed by atoms with Crippen molar-refractivity contribution in [3.63, 3.8) is 0 Å². The van der Waals surface area contributed by atoms with Crippen molar-refractivity contribution >= 4 is 36.5 Å². The minimum atomic E-state index is -1.72. The summed E-state index contributed by atoms with van der Waals surface area (Å²) in [6.45, 7) is 6.53. The van der Waals surface area contributed by atoms with Gasteiger partial charge in [-0.2, -0.15) is 0 Å². The summed E-state index contributed by atoms with van der Waals surface area (Å²) in [6, 6.07) is 12.4. The largest absolute Gasteiger partial charge is 0.465 e. The minimum absolute atomic E-state index is 0.0405. The molecule has 0 N–H and O–H groups in total. The van der Waals surface area contributed by atoms with E-state index in [4.69, 9.17) is 9.47 Å². The lowest BCUT2D eigenvalue weighted by molar-refractivity contribution is 0.0556. The highest BCUT2D eigenvalue weighted by atomic mass is 28.3. The molecular formula is C22H23NO5Si. The molecule has 1 aromatic carbocycles. The summed E-state index contributed by atoms with van der Waals surface area (Å²) in [6.07, 6.45) is 1.73. The summed E-state index contributed by atoms with van der Waals surface area (Å²) in [7, 11) is 0.742. The number of aromatic nitrogens is 1. The molecular weight excluding hydrogens is 386 g/mol. The Kier molecular flexibility index (Phi) is 5.43. The number of carbonyl (C=O) groups is 3. The van der Waals surface area contributed by atoms with Crippen LogP contribution in [-0.2, 0) is 9.47 Å².